The van der Waals surface area contributed by atoms with E-state index in [1.165, 1.54) is 14.0 Å². The van der Waals surface area contributed by atoms with Gasteiger partial charge in [0.15, 0.2) is 14.6 Å². The van der Waals surface area contributed by atoms with E-state index in [1.807, 2.05) is 0 Å². The Morgan fingerprint density at radius 2 is 1.71 bits per heavy atom. The molecule has 0 aromatic rings. The molecule has 0 N–H and O–H groups in total. The van der Waals surface area contributed by atoms with Crippen LogP contribution in [0.5, 0.6) is 0 Å². The van der Waals surface area contributed by atoms with Gasteiger partial charge in [0.1, 0.15) is 6.10 Å². The van der Waals surface area contributed by atoms with Gasteiger partial charge in [-0.2, -0.15) is 0 Å². The third-order valence-electron chi connectivity index (χ3n) is 8.09. The summed E-state index contributed by atoms with van der Waals surface area (Å²) in [6.45, 7) is 14.2. The molecule has 2 rings (SSSR count). The van der Waals surface area contributed by atoms with Gasteiger partial charge in [-0.25, -0.2) is 0 Å². The minimum absolute atomic E-state index is 0.0449. The van der Waals surface area contributed by atoms with Gasteiger partial charge in [0.25, 0.3) is 0 Å². The summed E-state index contributed by atoms with van der Waals surface area (Å²) in [5.74, 6) is -0.0351. The molecule has 1 saturated carbocycles. The molecule has 0 aromatic carbocycles. The van der Waals surface area contributed by atoms with Crippen molar-refractivity contribution in [2.75, 3.05) is 20.3 Å². The first-order chi connectivity index (χ1) is 16.4. The van der Waals surface area contributed by atoms with Crippen LogP contribution in [-0.4, -0.2) is 59.1 Å². The highest BCUT2D eigenvalue weighted by Crippen LogP contribution is 2.43. The minimum Gasteiger partial charge on any atom is -0.469 e. The first kappa shape index (κ1) is 30.3. The molecule has 7 nitrogen and oxygen atoms in total. The Kier molecular flexibility index (Phi) is 12.2. The number of carbonyl (C=O) groups excluding carboxylic acids is 2. The summed E-state index contributed by atoms with van der Waals surface area (Å²) in [4.78, 5) is 23.3. The number of hydrogen-bond acceptors (Lipinski definition) is 7. The van der Waals surface area contributed by atoms with Crippen molar-refractivity contribution >= 4 is 20.3 Å². The lowest BCUT2D eigenvalue weighted by atomic mass is 9.89. The molecule has 1 aliphatic heterocycles. The Hall–Kier alpha value is -0.963. The summed E-state index contributed by atoms with van der Waals surface area (Å²) in [6, 6.07) is 0. The Balaban J connectivity index is 2.08. The highest BCUT2D eigenvalue weighted by Gasteiger charge is 2.48. The second-order valence-electron chi connectivity index (χ2n) is 11.8. The van der Waals surface area contributed by atoms with Crippen LogP contribution in [0.3, 0.4) is 0 Å². The molecule has 1 saturated heterocycles. The molecule has 5 atom stereocenters. The van der Waals surface area contributed by atoms with Gasteiger partial charge in [0.05, 0.1) is 13.2 Å². The fraction of sp³-hybridized carbons (Fsp3) is 0.926. The van der Waals surface area contributed by atoms with Gasteiger partial charge in [0, 0.05) is 44.8 Å². The van der Waals surface area contributed by atoms with Crippen LogP contribution in [0.25, 0.3) is 0 Å². The van der Waals surface area contributed by atoms with Gasteiger partial charge in [-0.05, 0) is 50.2 Å². The van der Waals surface area contributed by atoms with Crippen molar-refractivity contribution in [3.05, 3.63) is 0 Å². The van der Waals surface area contributed by atoms with Crippen LogP contribution in [0.2, 0.25) is 18.1 Å². The Labute approximate surface area is 214 Å². The zero-order valence-corrected chi connectivity index (χ0v) is 24.2. The predicted molar refractivity (Wildman–Crippen MR) is 138 cm³/mol. The lowest BCUT2D eigenvalue weighted by Gasteiger charge is -2.39. The maximum absolute atomic E-state index is 11.9. The van der Waals surface area contributed by atoms with E-state index in [4.69, 9.17) is 23.4 Å². The molecule has 0 radical (unpaired) electrons. The quantitative estimate of drug-likeness (QED) is 0.169. The van der Waals surface area contributed by atoms with Crippen LogP contribution in [0.15, 0.2) is 0 Å². The van der Waals surface area contributed by atoms with Gasteiger partial charge >= 0.3 is 11.9 Å². The van der Waals surface area contributed by atoms with Gasteiger partial charge in [-0.3, -0.25) is 9.59 Å². The number of carbonyl (C=O) groups is 2. The number of hydrogen-bond donors (Lipinski definition) is 0. The van der Waals surface area contributed by atoms with Crippen LogP contribution in [0, 0.1) is 11.8 Å². The molecule has 5 unspecified atom stereocenters. The number of esters is 2. The number of ether oxygens (including phenoxy) is 4. The van der Waals surface area contributed by atoms with Gasteiger partial charge in [-0.1, -0.05) is 40.0 Å². The Morgan fingerprint density at radius 3 is 2.31 bits per heavy atom. The molecular formula is C27H50O7Si. The largest absolute Gasteiger partial charge is 0.469 e. The maximum Gasteiger partial charge on any atom is 0.305 e. The summed E-state index contributed by atoms with van der Waals surface area (Å²) >= 11 is 0. The van der Waals surface area contributed by atoms with Crippen LogP contribution in [0.4, 0.5) is 0 Å². The normalized spacial score (nSPS) is 27.6. The maximum atomic E-state index is 11.9. The summed E-state index contributed by atoms with van der Waals surface area (Å²) in [5.41, 5.74) is 0. The Bertz CT molecular complexity index is 654. The van der Waals surface area contributed by atoms with Crippen LogP contribution in [0.1, 0.15) is 91.9 Å². The van der Waals surface area contributed by atoms with E-state index in [2.05, 4.69) is 33.9 Å². The van der Waals surface area contributed by atoms with Crippen molar-refractivity contribution in [1.82, 2.24) is 0 Å². The molecule has 204 valence electrons. The smallest absolute Gasteiger partial charge is 0.305 e. The number of rotatable bonds is 13. The monoisotopic (exact) mass is 514 g/mol. The standard InChI is InChI=1S/C27H50O7Si/c1-20(28)33-23-18-24(34-26-16-12-13-17-31-26)22(19-32-35(6,7)27(2,3)4)21(23)14-10-8-9-11-15-25(29)30-5/h21-24,26H,8-19H2,1-7H3. The van der Waals surface area contributed by atoms with Crippen molar-refractivity contribution in [1.29, 1.82) is 0 Å². The summed E-state index contributed by atoms with van der Waals surface area (Å²) in [6.07, 6.45) is 8.72. The fourth-order valence-corrected chi connectivity index (χ4v) is 5.95. The summed E-state index contributed by atoms with van der Waals surface area (Å²) < 4.78 is 29.7. The number of unbranched alkanes of at least 4 members (excludes halogenated alkanes) is 3. The third kappa shape index (κ3) is 9.78. The molecule has 35 heavy (non-hydrogen) atoms. The van der Waals surface area contributed by atoms with Gasteiger partial charge in [0.2, 0.25) is 0 Å². The average Bonchev–Trinajstić information content (AvgIpc) is 3.09. The Morgan fingerprint density at radius 1 is 1.00 bits per heavy atom. The molecule has 8 heteroatoms. The minimum atomic E-state index is -1.94. The van der Waals surface area contributed by atoms with Gasteiger partial charge < -0.3 is 23.4 Å². The molecule has 0 bridgehead atoms. The molecular weight excluding hydrogens is 464 g/mol. The third-order valence-corrected chi connectivity index (χ3v) is 12.6. The van der Waals surface area contributed by atoms with E-state index in [1.54, 1.807) is 0 Å². The molecule has 2 aliphatic rings. The molecule has 2 fully saturated rings. The lowest BCUT2D eigenvalue weighted by Crippen LogP contribution is -2.44. The van der Waals surface area contributed by atoms with E-state index in [0.29, 0.717) is 19.4 Å². The van der Waals surface area contributed by atoms with Crippen molar-refractivity contribution in [2.45, 2.75) is 129 Å². The average molecular weight is 515 g/mol. The van der Waals surface area contributed by atoms with Crippen molar-refractivity contribution in [3.8, 4) is 0 Å². The zero-order valence-electron chi connectivity index (χ0n) is 23.2. The van der Waals surface area contributed by atoms with Crippen molar-refractivity contribution < 1.29 is 33.0 Å². The van der Waals surface area contributed by atoms with Crippen LogP contribution >= 0.6 is 0 Å². The van der Waals surface area contributed by atoms with Gasteiger partial charge in [-0.15, -0.1) is 0 Å². The highest BCUT2D eigenvalue weighted by atomic mass is 28.4. The van der Waals surface area contributed by atoms with E-state index >= 15 is 0 Å². The summed E-state index contributed by atoms with van der Waals surface area (Å²) in [5, 5.41) is 0.124. The van der Waals surface area contributed by atoms with Crippen LogP contribution in [-0.2, 0) is 33.0 Å². The molecule has 1 heterocycles. The van der Waals surface area contributed by atoms with Crippen LogP contribution < -0.4 is 0 Å². The molecule has 1 aliphatic carbocycles. The number of methoxy groups -OCH3 is 1. The zero-order chi connectivity index (χ0) is 26.1. The van der Waals surface area contributed by atoms with Crippen molar-refractivity contribution in [3.63, 3.8) is 0 Å². The predicted octanol–water partition coefficient (Wildman–Crippen LogP) is 6.00. The SMILES string of the molecule is COC(=O)CCCCCCC1C(OC(C)=O)CC(OC2CCCCO2)C1CO[Si](C)(C)C(C)(C)C. The highest BCUT2D eigenvalue weighted by molar-refractivity contribution is 6.74. The first-order valence-electron chi connectivity index (χ1n) is 13.6. The lowest BCUT2D eigenvalue weighted by molar-refractivity contribution is -0.198. The first-order valence-corrected chi connectivity index (χ1v) is 16.5. The summed E-state index contributed by atoms with van der Waals surface area (Å²) in [7, 11) is -0.509. The van der Waals surface area contributed by atoms with E-state index < -0.39 is 8.32 Å². The van der Waals surface area contributed by atoms with E-state index in [0.717, 1.165) is 58.0 Å². The molecule has 0 spiro atoms. The second kappa shape index (κ2) is 14.1. The fourth-order valence-electron chi connectivity index (χ4n) is 4.91. The molecule has 0 aromatic heterocycles. The topological polar surface area (TPSA) is 80.3 Å². The van der Waals surface area contributed by atoms with E-state index in [-0.39, 0.29) is 47.3 Å². The second-order valence-corrected chi connectivity index (χ2v) is 16.6. The van der Waals surface area contributed by atoms with Crippen molar-refractivity contribution in [2.24, 2.45) is 11.8 Å². The van der Waals surface area contributed by atoms with E-state index in [9.17, 15) is 9.59 Å². The molecule has 0 amide bonds.